The van der Waals surface area contributed by atoms with Crippen LogP contribution in [0.1, 0.15) is 0 Å². The first-order valence-electron chi connectivity index (χ1n) is 31.3. The van der Waals surface area contributed by atoms with Crippen molar-refractivity contribution >= 4 is 167 Å². The van der Waals surface area contributed by atoms with E-state index >= 15 is 0 Å². The zero-order valence-corrected chi connectivity index (χ0v) is 53.4. The average Bonchev–Trinajstić information content (AvgIpc) is 1.60. The first kappa shape index (κ1) is 54.0. The molecule has 432 valence electrons. The summed E-state index contributed by atoms with van der Waals surface area (Å²) in [6.45, 7) is 0. The average molecular weight is 1300 g/mol. The second-order valence-electron chi connectivity index (χ2n) is 23.6. The molecule has 19 rings (SSSR count). The van der Waals surface area contributed by atoms with Gasteiger partial charge in [-0.15, -0.1) is 0 Å². The van der Waals surface area contributed by atoms with E-state index in [1.54, 1.807) is 0 Å². The molecule has 0 fully saturated rings. The maximum atomic E-state index is 2.49. The van der Waals surface area contributed by atoms with Crippen molar-refractivity contribution in [1.29, 1.82) is 0 Å². The maximum absolute atomic E-state index is 2.49. The predicted octanol–water partition coefficient (Wildman–Crippen LogP) is 23.2. The van der Waals surface area contributed by atoms with E-state index in [0.717, 1.165) is 17.1 Å². The van der Waals surface area contributed by atoms with Gasteiger partial charge in [0.2, 0.25) is 0 Å². The predicted molar refractivity (Wildman–Crippen MR) is 395 cm³/mol. The number of fused-ring (bicyclic) bond motifs is 15. The van der Waals surface area contributed by atoms with Crippen LogP contribution < -0.4 is 9.80 Å². The third-order valence-electron chi connectivity index (χ3n) is 18.3. The Balaban J connectivity index is 0.000000136. The molecule has 0 aliphatic rings. The van der Waals surface area contributed by atoms with E-state index < -0.39 is 0 Å². The molecule has 6 heteroatoms. The van der Waals surface area contributed by atoms with Gasteiger partial charge in [-0.2, -0.15) is 0 Å². The summed E-state index contributed by atoms with van der Waals surface area (Å²) in [6.07, 6.45) is 0. The molecule has 19 aromatic rings. The minimum atomic E-state index is 0.270. The number of benzene rings is 15. The van der Waals surface area contributed by atoms with Gasteiger partial charge in [0, 0.05) is 5.69 Å². The number of rotatable bonds is 9. The van der Waals surface area contributed by atoms with E-state index in [-0.39, 0.29) is 14.5 Å². The van der Waals surface area contributed by atoms with Crippen LogP contribution in [0.25, 0.3) is 126 Å². The van der Waals surface area contributed by atoms with E-state index in [0.29, 0.717) is 14.5 Å². The normalized spacial score (nSPS) is 11.7. The molecule has 0 atom stereocenters. The van der Waals surface area contributed by atoms with Crippen molar-refractivity contribution in [3.8, 4) is 22.5 Å². The van der Waals surface area contributed by atoms with Gasteiger partial charge >= 0.3 is 472 Å². The quantitative estimate of drug-likeness (QED) is 0.106. The van der Waals surface area contributed by atoms with Crippen LogP contribution in [0, 0.1) is 0 Å². The van der Waals surface area contributed by atoms with Crippen LogP contribution in [0.5, 0.6) is 0 Å². The monoisotopic (exact) mass is 1300 g/mol. The molecule has 0 saturated heterocycles. The van der Waals surface area contributed by atoms with Gasteiger partial charge in [0.1, 0.15) is 0 Å². The Morgan fingerprint density at radius 3 is 1.20 bits per heavy atom. The van der Waals surface area contributed by atoms with E-state index in [4.69, 9.17) is 0 Å². The Kier molecular flexibility index (Phi) is 13.2. The second kappa shape index (κ2) is 22.5. The van der Waals surface area contributed by atoms with Gasteiger partial charge in [-0.25, -0.2) is 0 Å². The second-order valence-corrected chi connectivity index (χ2v) is 28.1. The van der Waals surface area contributed by atoms with Crippen molar-refractivity contribution in [1.82, 2.24) is 9.13 Å². The van der Waals surface area contributed by atoms with E-state index in [1.165, 1.54) is 143 Å². The van der Waals surface area contributed by atoms with Crippen molar-refractivity contribution in [3.05, 3.63) is 340 Å². The summed E-state index contributed by atoms with van der Waals surface area (Å²) < 4.78 is 10.6. The van der Waals surface area contributed by atoms with E-state index in [2.05, 4.69) is 359 Å². The van der Waals surface area contributed by atoms with E-state index in [9.17, 15) is 0 Å². The summed E-state index contributed by atoms with van der Waals surface area (Å²) in [4.78, 5) is 4.86. The van der Waals surface area contributed by atoms with Gasteiger partial charge in [-0.3, -0.25) is 0 Å². The van der Waals surface area contributed by atoms with Gasteiger partial charge in [0.05, 0.1) is 5.52 Å². The Hall–Kier alpha value is -10.9. The van der Waals surface area contributed by atoms with Crippen LogP contribution in [-0.4, -0.2) is 38.1 Å². The number of hydrogen-bond donors (Lipinski definition) is 0. The van der Waals surface area contributed by atoms with Crippen molar-refractivity contribution < 1.29 is 0 Å². The Bertz CT molecular complexity index is 6020. The van der Waals surface area contributed by atoms with Crippen LogP contribution >= 0.6 is 0 Å². The molecular weight excluding hydrogens is 1250 g/mol. The summed E-state index contributed by atoms with van der Waals surface area (Å²) in [5.74, 6) is 0. The van der Waals surface area contributed by atoms with Crippen LogP contribution in [-0.2, 0) is 0 Å². The van der Waals surface area contributed by atoms with Gasteiger partial charge in [-0.1, -0.05) is 42.5 Å². The van der Waals surface area contributed by atoms with Crippen molar-refractivity contribution in [2.24, 2.45) is 0 Å². The summed E-state index contributed by atoms with van der Waals surface area (Å²) in [5, 5.41) is 15.6. The molecule has 15 aromatic carbocycles. The van der Waals surface area contributed by atoms with Gasteiger partial charge in [-0.05, 0) is 18.2 Å². The fourth-order valence-corrected chi connectivity index (χ4v) is 18.9. The minimum absolute atomic E-state index is 0.270. The van der Waals surface area contributed by atoms with Crippen molar-refractivity contribution in [2.45, 2.75) is 0 Å². The SMILES string of the molecule is c1ccc(-n2c3ccccc3c3cc(N(c4ccc5c(c4)[se]c4ccccc45)c4cc5ccccc5c5ccccc45)ccc32)cc1.c1ccc(N(c2ccc(-c3ccc4c(c3)c3ccccc3n4-c3ccccc3)cc2)c2ccc3c(c2)[se]c2ccccc23)cc1. The topological polar surface area (TPSA) is 16.3 Å². The van der Waals surface area contributed by atoms with E-state index in [1.807, 2.05) is 0 Å². The molecule has 0 unspecified atom stereocenters. The Labute approximate surface area is 544 Å². The fraction of sp³-hybridized carbons (Fsp3) is 0. The molecule has 0 radical (unpaired) electrons. The molecule has 0 saturated carbocycles. The van der Waals surface area contributed by atoms with Gasteiger partial charge in [0.25, 0.3) is 0 Å². The first-order chi connectivity index (χ1) is 45.6. The Morgan fingerprint density at radius 1 is 0.207 bits per heavy atom. The van der Waals surface area contributed by atoms with Crippen LogP contribution in [0.3, 0.4) is 0 Å². The first-order valence-corrected chi connectivity index (χ1v) is 34.7. The molecule has 4 heterocycles. The Morgan fingerprint density at radius 2 is 0.598 bits per heavy atom. The molecule has 0 aliphatic heterocycles. The molecule has 4 nitrogen and oxygen atoms in total. The molecule has 92 heavy (non-hydrogen) atoms. The summed E-state index contributed by atoms with van der Waals surface area (Å²) in [6, 6.07) is 124. The summed E-state index contributed by atoms with van der Waals surface area (Å²) in [7, 11) is 0. The molecule has 0 aliphatic carbocycles. The zero-order valence-electron chi connectivity index (χ0n) is 49.9. The third kappa shape index (κ3) is 9.18. The summed E-state index contributed by atoms with van der Waals surface area (Å²) in [5.41, 5.74) is 16.7. The molecule has 0 bridgehead atoms. The zero-order chi connectivity index (χ0) is 60.6. The number of nitrogens with zero attached hydrogens (tertiary/aromatic N) is 4. The molecule has 0 spiro atoms. The van der Waals surface area contributed by atoms with Crippen LogP contribution in [0.15, 0.2) is 340 Å². The van der Waals surface area contributed by atoms with Crippen molar-refractivity contribution in [2.75, 3.05) is 9.80 Å². The number of para-hydroxylation sites is 5. The van der Waals surface area contributed by atoms with Crippen LogP contribution in [0.4, 0.5) is 34.1 Å². The standard InChI is InChI=1S/C44H28N2Se.C42H28N2Se/c1-2-13-30(14-3-1)46-40-20-10-8-18-36(40)39-27-31(23-25-41(39)46)45(32-22-24-38-37-19-9-11-21-43(37)47-44(38)28-32)42-26-29-12-4-5-15-33(29)34-16-6-7-17-35(34)42;1-3-11-31(12-4-1)43(34-24-25-37-36-16-8-10-18-41(36)45-42(37)28-34)33-22-19-29(20-23-33)30-21-26-40-38(27-30)35-15-7-9-17-39(35)44(40)32-13-5-2-6-14-32/h1-28H;1-28H. The summed E-state index contributed by atoms with van der Waals surface area (Å²) >= 11 is 0.586. The van der Waals surface area contributed by atoms with Crippen molar-refractivity contribution in [3.63, 3.8) is 0 Å². The van der Waals surface area contributed by atoms with Crippen LogP contribution in [0.2, 0.25) is 0 Å². The fourth-order valence-electron chi connectivity index (χ4n) is 14.1. The molecule has 0 N–H and O–H groups in total. The number of aromatic nitrogens is 2. The third-order valence-corrected chi connectivity index (χ3v) is 23.1. The molecule has 0 amide bonds. The van der Waals surface area contributed by atoms with Gasteiger partial charge in [0.15, 0.2) is 0 Å². The van der Waals surface area contributed by atoms with Gasteiger partial charge < -0.3 is 4.57 Å². The number of anilines is 6. The number of hydrogen-bond acceptors (Lipinski definition) is 2. The molecular formula is C86H56N4Se2. The molecule has 4 aromatic heterocycles.